The molecule has 1 fully saturated rings. The Kier molecular flexibility index (Phi) is 11.0. The van der Waals surface area contributed by atoms with Gasteiger partial charge in [0.25, 0.3) is 11.8 Å². The van der Waals surface area contributed by atoms with Crippen molar-refractivity contribution in [1.82, 2.24) is 20.5 Å². The Morgan fingerprint density at radius 1 is 1.02 bits per heavy atom. The van der Waals surface area contributed by atoms with Crippen LogP contribution in [0.2, 0.25) is 0 Å². The minimum absolute atomic E-state index is 0.0349. The molecule has 9 nitrogen and oxygen atoms in total. The molecule has 4 rings (SSSR count). The number of rotatable bonds is 7. The summed E-state index contributed by atoms with van der Waals surface area (Å²) < 4.78 is 18.4. The van der Waals surface area contributed by atoms with Crippen LogP contribution in [0.4, 0.5) is 10.2 Å². The van der Waals surface area contributed by atoms with Gasteiger partial charge in [0.15, 0.2) is 0 Å². The standard InChI is InChI=1S/C17H19N3O4.C13H19FN2/c1-9-6-14(21)13(16(22)18-3)7-12(9)17(23)20-15-10(2)5-11(24-4)8-19-15;1-11-2-3-12(10-13(11)14)4-7-16-8-5-15-6-9-16/h5-8,21H,1-4H3,(H,18,22)(H,19,20,23);2-3,10,15H,4-9H2,1H3. The zero-order valence-corrected chi connectivity index (χ0v) is 23.7. The molecule has 214 valence electrons. The van der Waals surface area contributed by atoms with Crippen molar-refractivity contribution < 1.29 is 23.8 Å². The van der Waals surface area contributed by atoms with Crippen LogP contribution in [0.1, 0.15) is 43.0 Å². The lowest BCUT2D eigenvalue weighted by molar-refractivity contribution is 0.0960. The van der Waals surface area contributed by atoms with Crippen molar-refractivity contribution in [2.45, 2.75) is 27.2 Å². The fourth-order valence-electron chi connectivity index (χ4n) is 4.23. The number of amides is 2. The largest absolute Gasteiger partial charge is 0.507 e. The van der Waals surface area contributed by atoms with Crippen molar-refractivity contribution in [3.05, 3.63) is 81.8 Å². The number of phenols is 1. The Morgan fingerprint density at radius 3 is 2.38 bits per heavy atom. The summed E-state index contributed by atoms with van der Waals surface area (Å²) in [5.41, 5.74) is 3.43. The van der Waals surface area contributed by atoms with Gasteiger partial charge in [-0.2, -0.15) is 0 Å². The number of ether oxygens (including phenoxy) is 1. The van der Waals surface area contributed by atoms with Gasteiger partial charge in [-0.15, -0.1) is 0 Å². The smallest absolute Gasteiger partial charge is 0.257 e. The molecular formula is C30H38FN5O4. The van der Waals surface area contributed by atoms with E-state index in [0.29, 0.717) is 17.1 Å². The quantitative estimate of drug-likeness (QED) is 0.355. The second kappa shape index (κ2) is 14.4. The summed E-state index contributed by atoms with van der Waals surface area (Å²) in [4.78, 5) is 30.9. The van der Waals surface area contributed by atoms with Crippen LogP contribution in [0.5, 0.6) is 11.5 Å². The number of pyridine rings is 1. The highest BCUT2D eigenvalue weighted by Crippen LogP contribution is 2.24. The second-order valence-corrected chi connectivity index (χ2v) is 9.68. The summed E-state index contributed by atoms with van der Waals surface area (Å²) in [6, 6.07) is 10.0. The maximum Gasteiger partial charge on any atom is 0.257 e. The first-order chi connectivity index (χ1) is 19.1. The van der Waals surface area contributed by atoms with Crippen molar-refractivity contribution >= 4 is 17.6 Å². The predicted octanol–water partition coefficient (Wildman–Crippen LogP) is 3.61. The Bertz CT molecular complexity index is 1340. The Labute approximate surface area is 234 Å². The molecule has 1 saturated heterocycles. The average Bonchev–Trinajstić information content (AvgIpc) is 2.95. The molecule has 0 saturated carbocycles. The molecular weight excluding hydrogens is 513 g/mol. The molecule has 0 radical (unpaired) electrons. The first-order valence-electron chi connectivity index (χ1n) is 13.2. The first-order valence-corrected chi connectivity index (χ1v) is 13.2. The second-order valence-electron chi connectivity index (χ2n) is 9.68. The van der Waals surface area contributed by atoms with Crippen LogP contribution in [0, 0.1) is 26.6 Å². The number of aromatic hydroxyl groups is 1. The van der Waals surface area contributed by atoms with Gasteiger partial charge in [-0.3, -0.25) is 9.59 Å². The number of hydrogen-bond donors (Lipinski definition) is 4. The van der Waals surface area contributed by atoms with Gasteiger partial charge in [-0.25, -0.2) is 9.37 Å². The third-order valence-corrected chi connectivity index (χ3v) is 6.74. The van der Waals surface area contributed by atoms with E-state index in [1.165, 1.54) is 32.5 Å². The Balaban J connectivity index is 0.000000238. The van der Waals surface area contributed by atoms with E-state index in [4.69, 9.17) is 4.74 Å². The molecule has 2 aromatic carbocycles. The van der Waals surface area contributed by atoms with Gasteiger partial charge in [-0.05, 0) is 73.7 Å². The maximum absolute atomic E-state index is 13.3. The number of benzene rings is 2. The van der Waals surface area contributed by atoms with Crippen molar-refractivity contribution in [3.63, 3.8) is 0 Å². The number of anilines is 1. The van der Waals surface area contributed by atoms with Crippen LogP contribution in [0.3, 0.4) is 0 Å². The van der Waals surface area contributed by atoms with Gasteiger partial charge in [-0.1, -0.05) is 12.1 Å². The number of halogens is 1. The molecule has 2 heterocycles. The van der Waals surface area contributed by atoms with Crippen LogP contribution in [-0.2, 0) is 6.42 Å². The van der Waals surface area contributed by atoms with Crippen LogP contribution in [0.25, 0.3) is 0 Å². The number of aromatic nitrogens is 1. The number of phenolic OH excluding ortho intramolecular Hbond substituents is 1. The molecule has 4 N–H and O–H groups in total. The van der Waals surface area contributed by atoms with Gasteiger partial charge in [0.05, 0.1) is 18.9 Å². The van der Waals surface area contributed by atoms with E-state index < -0.39 is 11.8 Å². The lowest BCUT2D eigenvalue weighted by Gasteiger charge is -2.27. The van der Waals surface area contributed by atoms with E-state index in [2.05, 4.69) is 25.8 Å². The Hall–Kier alpha value is -4.02. The van der Waals surface area contributed by atoms with Crippen LogP contribution in [-0.4, -0.2) is 73.7 Å². The topological polar surface area (TPSA) is 116 Å². The van der Waals surface area contributed by atoms with Gasteiger partial charge in [0.1, 0.15) is 23.1 Å². The van der Waals surface area contributed by atoms with Crippen molar-refractivity contribution in [2.75, 3.05) is 52.2 Å². The number of carbonyl (C=O) groups is 2. The minimum atomic E-state index is -0.472. The molecule has 3 aromatic rings. The third-order valence-electron chi connectivity index (χ3n) is 6.74. The lowest BCUT2D eigenvalue weighted by Crippen LogP contribution is -2.44. The summed E-state index contributed by atoms with van der Waals surface area (Å²) >= 11 is 0. The van der Waals surface area contributed by atoms with Gasteiger partial charge < -0.3 is 30.7 Å². The first kappa shape index (κ1) is 30.5. The van der Waals surface area contributed by atoms with E-state index in [0.717, 1.165) is 55.8 Å². The number of methoxy groups -OCH3 is 1. The summed E-state index contributed by atoms with van der Waals surface area (Å²) in [5, 5.41) is 18.3. The highest BCUT2D eigenvalue weighted by atomic mass is 19.1. The molecule has 1 aliphatic rings. The molecule has 0 aliphatic carbocycles. The van der Waals surface area contributed by atoms with Crippen molar-refractivity contribution in [3.8, 4) is 11.5 Å². The van der Waals surface area contributed by atoms with Crippen LogP contribution >= 0.6 is 0 Å². The average molecular weight is 552 g/mol. The third kappa shape index (κ3) is 8.24. The number of hydrogen-bond acceptors (Lipinski definition) is 7. The van der Waals surface area contributed by atoms with Gasteiger partial charge in [0.2, 0.25) is 0 Å². The van der Waals surface area contributed by atoms with Gasteiger partial charge in [0, 0.05) is 45.3 Å². The summed E-state index contributed by atoms with van der Waals surface area (Å²) in [6.45, 7) is 10.7. The van der Waals surface area contributed by atoms with E-state index >= 15 is 0 Å². The molecule has 40 heavy (non-hydrogen) atoms. The molecule has 10 heteroatoms. The van der Waals surface area contributed by atoms with Crippen molar-refractivity contribution in [2.24, 2.45) is 0 Å². The SMILES string of the molecule is CNC(=O)c1cc(C(=O)Nc2ncc(OC)cc2C)c(C)cc1O.Cc1ccc(CCN2CCNCC2)cc1F. The number of piperazine rings is 1. The number of carbonyl (C=O) groups excluding carboxylic acids is 2. The molecule has 1 aliphatic heterocycles. The monoisotopic (exact) mass is 551 g/mol. The zero-order valence-electron chi connectivity index (χ0n) is 23.7. The minimum Gasteiger partial charge on any atom is -0.507 e. The highest BCUT2D eigenvalue weighted by Gasteiger charge is 2.18. The van der Waals surface area contributed by atoms with E-state index in [9.17, 15) is 19.1 Å². The molecule has 0 unspecified atom stereocenters. The fraction of sp³-hybridized carbons (Fsp3) is 0.367. The Morgan fingerprint density at radius 2 is 1.75 bits per heavy atom. The summed E-state index contributed by atoms with van der Waals surface area (Å²) in [7, 11) is 2.99. The van der Waals surface area contributed by atoms with E-state index in [1.54, 1.807) is 32.9 Å². The highest BCUT2D eigenvalue weighted by molar-refractivity contribution is 6.07. The van der Waals surface area contributed by atoms with E-state index in [-0.39, 0.29) is 22.7 Å². The number of nitrogens with one attached hydrogen (secondary N) is 3. The van der Waals surface area contributed by atoms with E-state index in [1.807, 2.05) is 12.1 Å². The summed E-state index contributed by atoms with van der Waals surface area (Å²) in [5.74, 6) is -0.165. The molecule has 0 atom stereocenters. The zero-order chi connectivity index (χ0) is 29.2. The molecule has 2 amide bonds. The maximum atomic E-state index is 13.3. The van der Waals surface area contributed by atoms with Gasteiger partial charge >= 0.3 is 0 Å². The normalized spacial score (nSPS) is 13.2. The van der Waals surface area contributed by atoms with Crippen LogP contribution in [0.15, 0.2) is 42.6 Å². The molecule has 0 bridgehead atoms. The summed E-state index contributed by atoms with van der Waals surface area (Å²) in [6.07, 6.45) is 2.44. The number of nitrogens with zero attached hydrogens (tertiary/aromatic N) is 2. The van der Waals surface area contributed by atoms with Crippen molar-refractivity contribution in [1.29, 1.82) is 0 Å². The fourth-order valence-corrected chi connectivity index (χ4v) is 4.23. The lowest BCUT2D eigenvalue weighted by atomic mass is 10.0. The number of aryl methyl sites for hydroxylation is 3. The molecule has 1 aromatic heterocycles. The van der Waals surface area contributed by atoms with Crippen LogP contribution < -0.4 is 20.7 Å². The molecule has 0 spiro atoms. The predicted molar refractivity (Wildman–Crippen MR) is 154 cm³/mol.